The van der Waals surface area contributed by atoms with Gasteiger partial charge in [0.1, 0.15) is 0 Å². The number of rotatable bonds is 5. The Kier molecular flexibility index (Phi) is 5.79. The van der Waals surface area contributed by atoms with Crippen molar-refractivity contribution in [3.05, 3.63) is 35.9 Å². The summed E-state index contributed by atoms with van der Waals surface area (Å²) in [6.07, 6.45) is 5.04. The zero-order valence-corrected chi connectivity index (χ0v) is 13.5. The van der Waals surface area contributed by atoms with Gasteiger partial charge in [-0.25, -0.2) is 13.1 Å². The lowest BCUT2D eigenvalue weighted by Gasteiger charge is -2.23. The van der Waals surface area contributed by atoms with Crippen LogP contribution >= 0.6 is 0 Å². The van der Waals surface area contributed by atoms with E-state index in [1.165, 1.54) is 0 Å². The third-order valence-corrected chi connectivity index (χ3v) is 5.84. The summed E-state index contributed by atoms with van der Waals surface area (Å²) >= 11 is 0. The van der Waals surface area contributed by atoms with Crippen LogP contribution in [0.15, 0.2) is 30.3 Å². The average Bonchev–Trinajstić information content (AvgIpc) is 2.64. The predicted molar refractivity (Wildman–Crippen MR) is 86.6 cm³/mol. The molecule has 0 bridgehead atoms. The van der Waals surface area contributed by atoms with E-state index in [2.05, 4.69) is 4.72 Å². The first kappa shape index (κ1) is 16.5. The molecule has 0 heterocycles. The van der Waals surface area contributed by atoms with Crippen LogP contribution in [-0.4, -0.2) is 26.3 Å². The highest BCUT2D eigenvalue weighted by atomic mass is 32.2. The fourth-order valence-electron chi connectivity index (χ4n) is 2.97. The molecule has 1 fully saturated rings. The Labute approximate surface area is 128 Å². The maximum Gasteiger partial charge on any atom is 0.212 e. The second-order valence-electron chi connectivity index (χ2n) is 6.12. The topological polar surface area (TPSA) is 72.2 Å². The van der Waals surface area contributed by atoms with Crippen LogP contribution in [0.4, 0.5) is 0 Å². The van der Waals surface area contributed by atoms with Crippen molar-refractivity contribution in [2.75, 3.05) is 5.75 Å². The lowest BCUT2D eigenvalue weighted by molar-refractivity contribution is 0.455. The lowest BCUT2D eigenvalue weighted by atomic mass is 10.0. The Hall–Kier alpha value is -0.910. The highest BCUT2D eigenvalue weighted by molar-refractivity contribution is 7.89. The van der Waals surface area contributed by atoms with E-state index in [0.717, 1.165) is 37.7 Å². The molecule has 1 aromatic rings. The molecule has 118 valence electrons. The van der Waals surface area contributed by atoms with Gasteiger partial charge in [-0.1, -0.05) is 56.5 Å². The fourth-order valence-corrected chi connectivity index (χ4v) is 4.67. The SMILES string of the molecule is CC(CS(=O)(=O)NC1CCCCCC1N)c1ccccc1. The van der Waals surface area contributed by atoms with E-state index >= 15 is 0 Å². The minimum absolute atomic E-state index is 0.0225. The van der Waals surface area contributed by atoms with E-state index in [0.29, 0.717) is 0 Å². The number of nitrogens with one attached hydrogen (secondary N) is 1. The third-order valence-electron chi connectivity index (χ3n) is 4.24. The monoisotopic (exact) mass is 310 g/mol. The molecule has 2 rings (SSSR count). The van der Waals surface area contributed by atoms with Crippen molar-refractivity contribution >= 4 is 10.0 Å². The second-order valence-corrected chi connectivity index (χ2v) is 7.92. The van der Waals surface area contributed by atoms with Crippen LogP contribution in [0.2, 0.25) is 0 Å². The van der Waals surface area contributed by atoms with Crippen molar-refractivity contribution in [2.24, 2.45) is 5.73 Å². The third kappa shape index (κ3) is 5.09. The zero-order chi connectivity index (χ0) is 15.3. The zero-order valence-electron chi connectivity index (χ0n) is 12.7. The molecule has 3 atom stereocenters. The number of hydrogen-bond acceptors (Lipinski definition) is 3. The molecule has 0 aromatic heterocycles. The Morgan fingerprint density at radius 3 is 2.57 bits per heavy atom. The lowest BCUT2D eigenvalue weighted by Crippen LogP contribution is -2.47. The summed E-state index contributed by atoms with van der Waals surface area (Å²) in [6, 6.07) is 9.58. The summed E-state index contributed by atoms with van der Waals surface area (Å²) in [6.45, 7) is 1.95. The van der Waals surface area contributed by atoms with Crippen molar-refractivity contribution in [1.82, 2.24) is 4.72 Å². The normalized spacial score (nSPS) is 25.2. The summed E-state index contributed by atoms with van der Waals surface area (Å²) in [4.78, 5) is 0. The molecule has 0 amide bonds. The van der Waals surface area contributed by atoms with Gasteiger partial charge in [0.2, 0.25) is 10.0 Å². The first-order valence-electron chi connectivity index (χ1n) is 7.78. The van der Waals surface area contributed by atoms with Gasteiger partial charge < -0.3 is 5.73 Å². The Morgan fingerprint density at radius 2 is 1.86 bits per heavy atom. The molecule has 1 aliphatic rings. The molecule has 0 spiro atoms. The van der Waals surface area contributed by atoms with Crippen LogP contribution in [0.5, 0.6) is 0 Å². The summed E-state index contributed by atoms with van der Waals surface area (Å²) in [5.41, 5.74) is 7.15. The maximum absolute atomic E-state index is 12.4. The van der Waals surface area contributed by atoms with Crippen LogP contribution in [0, 0.1) is 0 Å². The van der Waals surface area contributed by atoms with Crippen LogP contribution in [-0.2, 0) is 10.0 Å². The number of sulfonamides is 1. The van der Waals surface area contributed by atoms with Crippen molar-refractivity contribution in [1.29, 1.82) is 0 Å². The molecule has 1 aromatic carbocycles. The Balaban J connectivity index is 1.98. The molecule has 0 radical (unpaired) electrons. The molecule has 21 heavy (non-hydrogen) atoms. The molecule has 1 aliphatic carbocycles. The second kappa shape index (κ2) is 7.38. The number of hydrogen-bond donors (Lipinski definition) is 2. The molecule has 4 nitrogen and oxygen atoms in total. The highest BCUT2D eigenvalue weighted by Crippen LogP contribution is 2.20. The van der Waals surface area contributed by atoms with E-state index in [4.69, 9.17) is 5.73 Å². The summed E-state index contributed by atoms with van der Waals surface area (Å²) in [7, 11) is -3.31. The molecule has 1 saturated carbocycles. The summed E-state index contributed by atoms with van der Waals surface area (Å²) in [5.74, 6) is 0.0888. The van der Waals surface area contributed by atoms with Gasteiger partial charge in [0, 0.05) is 12.1 Å². The summed E-state index contributed by atoms with van der Waals surface area (Å²) in [5, 5.41) is 0. The van der Waals surface area contributed by atoms with Crippen molar-refractivity contribution in [2.45, 2.75) is 57.0 Å². The van der Waals surface area contributed by atoms with Gasteiger partial charge in [-0.2, -0.15) is 0 Å². The molecule has 0 saturated heterocycles. The van der Waals surface area contributed by atoms with Crippen LogP contribution < -0.4 is 10.5 Å². The minimum Gasteiger partial charge on any atom is -0.326 e. The number of benzene rings is 1. The van der Waals surface area contributed by atoms with Gasteiger partial charge >= 0.3 is 0 Å². The van der Waals surface area contributed by atoms with Crippen LogP contribution in [0.3, 0.4) is 0 Å². The maximum atomic E-state index is 12.4. The van der Waals surface area contributed by atoms with Crippen molar-refractivity contribution in [3.8, 4) is 0 Å². The highest BCUT2D eigenvalue weighted by Gasteiger charge is 2.26. The Morgan fingerprint density at radius 1 is 1.19 bits per heavy atom. The summed E-state index contributed by atoms with van der Waals surface area (Å²) < 4.78 is 27.6. The molecular formula is C16H26N2O2S. The van der Waals surface area contributed by atoms with Crippen LogP contribution in [0.1, 0.15) is 50.5 Å². The molecule has 3 unspecified atom stereocenters. The van der Waals surface area contributed by atoms with E-state index < -0.39 is 10.0 Å². The van der Waals surface area contributed by atoms with Gasteiger partial charge in [-0.05, 0) is 24.3 Å². The fraction of sp³-hybridized carbons (Fsp3) is 0.625. The van der Waals surface area contributed by atoms with Gasteiger partial charge in [-0.15, -0.1) is 0 Å². The number of nitrogens with two attached hydrogens (primary N) is 1. The minimum atomic E-state index is -3.31. The largest absolute Gasteiger partial charge is 0.326 e. The van der Waals surface area contributed by atoms with Gasteiger partial charge in [0.05, 0.1) is 5.75 Å². The molecule has 5 heteroatoms. The van der Waals surface area contributed by atoms with Gasteiger partial charge in [-0.3, -0.25) is 0 Å². The van der Waals surface area contributed by atoms with E-state index in [1.54, 1.807) is 0 Å². The predicted octanol–water partition coefficient (Wildman–Crippen LogP) is 2.37. The van der Waals surface area contributed by atoms with Gasteiger partial charge in [0.15, 0.2) is 0 Å². The van der Waals surface area contributed by atoms with E-state index in [-0.39, 0.29) is 23.8 Å². The van der Waals surface area contributed by atoms with Crippen molar-refractivity contribution < 1.29 is 8.42 Å². The van der Waals surface area contributed by atoms with E-state index in [1.807, 2.05) is 37.3 Å². The quantitative estimate of drug-likeness (QED) is 0.820. The molecular weight excluding hydrogens is 284 g/mol. The molecule has 3 N–H and O–H groups in total. The van der Waals surface area contributed by atoms with Crippen LogP contribution in [0.25, 0.3) is 0 Å². The van der Waals surface area contributed by atoms with Gasteiger partial charge in [0.25, 0.3) is 0 Å². The average molecular weight is 310 g/mol. The van der Waals surface area contributed by atoms with E-state index in [9.17, 15) is 8.42 Å². The smallest absolute Gasteiger partial charge is 0.212 e. The first-order valence-corrected chi connectivity index (χ1v) is 9.44. The van der Waals surface area contributed by atoms with Crippen molar-refractivity contribution in [3.63, 3.8) is 0 Å². The standard InChI is InChI=1S/C16H26N2O2S/c1-13(14-8-4-2-5-9-14)12-21(19,20)18-16-11-7-3-6-10-15(16)17/h2,4-5,8-9,13,15-16,18H,3,6-7,10-12,17H2,1H3. The first-order chi connectivity index (χ1) is 9.98. The Bertz CT molecular complexity index is 530. The molecule has 0 aliphatic heterocycles.